The van der Waals surface area contributed by atoms with Crippen LogP contribution in [-0.2, 0) is 0 Å². The molecule has 192 valence electrons. The highest BCUT2D eigenvalue weighted by Gasteiger charge is 2.22. The van der Waals surface area contributed by atoms with Gasteiger partial charge in [-0.1, -0.05) is 54.6 Å². The zero-order valence-corrected chi connectivity index (χ0v) is 22.3. The molecule has 0 bridgehead atoms. The molecule has 0 atom stereocenters. The zero-order valence-electron chi connectivity index (χ0n) is 21.5. The summed E-state index contributed by atoms with van der Waals surface area (Å²) in [5.74, 6) is 0.562. The smallest absolute Gasteiger partial charge is 0.182 e. The van der Waals surface area contributed by atoms with E-state index in [0.29, 0.717) is 16.9 Å². The highest BCUT2D eigenvalue weighted by molar-refractivity contribution is 7.25. The second-order valence-corrected chi connectivity index (χ2v) is 11.0. The Morgan fingerprint density at radius 2 is 1.12 bits per heavy atom. The van der Waals surface area contributed by atoms with E-state index in [0.717, 1.165) is 39.0 Å². The van der Waals surface area contributed by atoms with E-state index in [1.54, 1.807) is 11.3 Å². The van der Waals surface area contributed by atoms with Crippen LogP contribution in [0.4, 0.5) is 0 Å². The van der Waals surface area contributed by atoms with E-state index in [2.05, 4.69) is 81.0 Å². The summed E-state index contributed by atoms with van der Waals surface area (Å²) in [6.45, 7) is 0. The van der Waals surface area contributed by atoms with Crippen LogP contribution in [0.3, 0.4) is 0 Å². The van der Waals surface area contributed by atoms with Crippen molar-refractivity contribution in [3.63, 3.8) is 0 Å². The zero-order chi connectivity index (χ0) is 26.9. The van der Waals surface area contributed by atoms with Gasteiger partial charge in [-0.3, -0.25) is 9.13 Å². The first-order chi connectivity index (χ1) is 20.3. The number of aromatic nitrogens is 7. The summed E-state index contributed by atoms with van der Waals surface area (Å²) in [6.07, 6.45) is 3.69. The van der Waals surface area contributed by atoms with E-state index in [1.807, 2.05) is 49.1 Å². The van der Waals surface area contributed by atoms with Gasteiger partial charge in [0.2, 0.25) is 0 Å². The van der Waals surface area contributed by atoms with E-state index >= 15 is 0 Å². The van der Waals surface area contributed by atoms with Gasteiger partial charge in [0, 0.05) is 37.1 Å². The van der Waals surface area contributed by atoms with Crippen molar-refractivity contribution >= 4 is 64.6 Å². The first-order valence-corrected chi connectivity index (χ1v) is 14.1. The van der Waals surface area contributed by atoms with E-state index in [9.17, 15) is 0 Å². The van der Waals surface area contributed by atoms with Gasteiger partial charge in [0.1, 0.15) is 45.8 Å². The average Bonchev–Trinajstić information content (AvgIpc) is 3.77. The molecule has 0 N–H and O–H groups in total. The van der Waals surface area contributed by atoms with Gasteiger partial charge in [0.25, 0.3) is 0 Å². The Labute approximate surface area is 237 Å². The fourth-order valence-electron chi connectivity index (χ4n) is 5.70. The molecule has 0 saturated heterocycles. The number of rotatable bonds is 3. The second-order valence-electron chi connectivity index (χ2n) is 9.94. The Morgan fingerprint density at radius 1 is 0.512 bits per heavy atom. The van der Waals surface area contributed by atoms with Crippen LogP contribution >= 0.6 is 11.3 Å². The van der Waals surface area contributed by atoms with Gasteiger partial charge >= 0.3 is 0 Å². The van der Waals surface area contributed by atoms with Gasteiger partial charge in [-0.05, 0) is 48.5 Å². The molecule has 0 spiro atoms. The number of imidazole rings is 2. The van der Waals surface area contributed by atoms with Gasteiger partial charge in [0.05, 0.1) is 0 Å². The Bertz CT molecular complexity index is 2420. The highest BCUT2D eigenvalue weighted by Crippen LogP contribution is 2.37. The monoisotopic (exact) mass is 545 g/mol. The van der Waals surface area contributed by atoms with Gasteiger partial charge < -0.3 is 0 Å². The van der Waals surface area contributed by atoms with Crippen molar-refractivity contribution in [1.82, 2.24) is 34.3 Å². The van der Waals surface area contributed by atoms with Crippen molar-refractivity contribution in [3.8, 4) is 22.8 Å². The Kier molecular flexibility index (Phi) is 4.64. The fraction of sp³-hybridized carbons (Fsp3) is 0. The van der Waals surface area contributed by atoms with Crippen LogP contribution in [0.1, 0.15) is 0 Å². The molecule has 7 nitrogen and oxygen atoms in total. The number of benzene rings is 5. The van der Waals surface area contributed by atoms with Gasteiger partial charge in [0.15, 0.2) is 5.82 Å². The number of fused-ring (bicyclic) bond motifs is 9. The highest BCUT2D eigenvalue weighted by atomic mass is 32.1. The molecule has 9 aromatic rings. The fourth-order valence-corrected chi connectivity index (χ4v) is 6.79. The summed E-state index contributed by atoms with van der Waals surface area (Å²) in [7, 11) is 0. The third-order valence-electron chi connectivity index (χ3n) is 7.60. The average molecular weight is 546 g/mol. The molecule has 0 fully saturated rings. The van der Waals surface area contributed by atoms with Crippen LogP contribution in [0.25, 0.3) is 76.0 Å². The summed E-state index contributed by atoms with van der Waals surface area (Å²) in [5, 5.41) is 11.8. The van der Waals surface area contributed by atoms with E-state index in [4.69, 9.17) is 20.1 Å². The largest absolute Gasteiger partial charge is 0.297 e. The lowest BCUT2D eigenvalue weighted by Crippen LogP contribution is -2.00. The molecule has 0 aliphatic heterocycles. The summed E-state index contributed by atoms with van der Waals surface area (Å²) < 4.78 is 6.69. The van der Waals surface area contributed by atoms with E-state index in [-0.39, 0.29) is 0 Å². The molecule has 8 heteroatoms. The summed E-state index contributed by atoms with van der Waals surface area (Å²) in [5.41, 5.74) is 7.57. The topological polar surface area (TPSA) is 74.3 Å². The third kappa shape index (κ3) is 3.28. The summed E-state index contributed by atoms with van der Waals surface area (Å²) in [6, 6.07) is 35.3. The number of thiophene rings is 1. The lowest BCUT2D eigenvalue weighted by Gasteiger charge is -2.10. The maximum atomic E-state index is 5.09. The molecule has 41 heavy (non-hydrogen) atoms. The number of para-hydroxylation sites is 2. The van der Waals surface area contributed by atoms with Crippen molar-refractivity contribution in [2.75, 3.05) is 0 Å². The molecule has 0 radical (unpaired) electrons. The maximum Gasteiger partial charge on any atom is 0.182 e. The van der Waals surface area contributed by atoms with Gasteiger partial charge in [-0.2, -0.15) is 0 Å². The Hall–Kier alpha value is -5.47. The quantitative estimate of drug-likeness (QED) is 0.227. The standard InChI is InChI=1S/C33H19N7S/c1-3-9-21(10-4-1)39-18-34-29-27-28(30-32(31(29)39)40(19-35-30)22-11-5-2-6-12-22)37-38-33(36-27)20-15-16-26-24(17-20)23-13-7-8-14-25(23)41-26/h1-19H. The van der Waals surface area contributed by atoms with E-state index < -0.39 is 0 Å². The molecule has 0 amide bonds. The third-order valence-corrected chi connectivity index (χ3v) is 8.75. The lowest BCUT2D eigenvalue weighted by atomic mass is 10.1. The predicted molar refractivity (Wildman–Crippen MR) is 165 cm³/mol. The molecular weight excluding hydrogens is 526 g/mol. The van der Waals surface area contributed by atoms with Crippen LogP contribution in [-0.4, -0.2) is 34.3 Å². The Morgan fingerprint density at radius 3 is 1.83 bits per heavy atom. The maximum absolute atomic E-state index is 5.09. The van der Waals surface area contributed by atoms with Crippen LogP contribution < -0.4 is 0 Å². The summed E-state index contributed by atoms with van der Waals surface area (Å²) >= 11 is 1.79. The molecule has 4 aromatic heterocycles. The molecule has 5 aromatic carbocycles. The van der Waals surface area contributed by atoms with Gasteiger partial charge in [-0.15, -0.1) is 21.5 Å². The number of hydrogen-bond acceptors (Lipinski definition) is 6. The van der Waals surface area contributed by atoms with Crippen LogP contribution in [0.15, 0.2) is 116 Å². The number of hydrogen-bond donors (Lipinski definition) is 0. The molecule has 0 saturated carbocycles. The Balaban J connectivity index is 1.35. The number of nitrogens with zero attached hydrogens (tertiary/aromatic N) is 7. The molecule has 0 aliphatic carbocycles. The molecular formula is C33H19N7S. The van der Waals surface area contributed by atoms with Crippen molar-refractivity contribution in [2.24, 2.45) is 0 Å². The minimum Gasteiger partial charge on any atom is -0.297 e. The van der Waals surface area contributed by atoms with Crippen molar-refractivity contribution in [2.45, 2.75) is 0 Å². The first-order valence-electron chi connectivity index (χ1n) is 13.3. The SMILES string of the molecule is c1ccc(-n2cnc3c4nnc(-c5ccc6sc7ccccc7c6c5)nc4c4ncn(-c5ccccc5)c4c32)cc1. The molecule has 0 aliphatic rings. The van der Waals surface area contributed by atoms with Crippen molar-refractivity contribution < 1.29 is 0 Å². The summed E-state index contributed by atoms with van der Waals surface area (Å²) in [4.78, 5) is 14.8. The van der Waals surface area contributed by atoms with Crippen LogP contribution in [0.5, 0.6) is 0 Å². The van der Waals surface area contributed by atoms with Crippen molar-refractivity contribution in [3.05, 3.63) is 116 Å². The molecule has 0 unspecified atom stereocenters. The minimum absolute atomic E-state index is 0.562. The van der Waals surface area contributed by atoms with Crippen LogP contribution in [0, 0.1) is 0 Å². The van der Waals surface area contributed by atoms with Gasteiger partial charge in [-0.25, -0.2) is 15.0 Å². The minimum atomic E-state index is 0.562. The van der Waals surface area contributed by atoms with Crippen LogP contribution in [0.2, 0.25) is 0 Å². The second kappa shape index (κ2) is 8.51. The molecule has 4 heterocycles. The lowest BCUT2D eigenvalue weighted by molar-refractivity contribution is 1.04. The predicted octanol–water partition coefficient (Wildman–Crippen LogP) is 7.74. The van der Waals surface area contributed by atoms with Crippen molar-refractivity contribution in [1.29, 1.82) is 0 Å². The molecule has 9 rings (SSSR count). The first kappa shape index (κ1) is 22.4. The normalized spacial score (nSPS) is 11.9. The van der Waals surface area contributed by atoms with E-state index in [1.165, 1.54) is 20.2 Å².